The lowest BCUT2D eigenvalue weighted by molar-refractivity contribution is -0.148. The highest BCUT2D eigenvalue weighted by atomic mass is 32.1. The Morgan fingerprint density at radius 1 is 1.08 bits per heavy atom. The Labute approximate surface area is 158 Å². The van der Waals surface area contributed by atoms with E-state index in [0.717, 1.165) is 11.1 Å². The van der Waals surface area contributed by atoms with Gasteiger partial charge < -0.3 is 14.7 Å². The van der Waals surface area contributed by atoms with E-state index < -0.39 is 12.0 Å². The summed E-state index contributed by atoms with van der Waals surface area (Å²) in [5.74, 6) is -0.128. The fourth-order valence-electron chi connectivity index (χ4n) is 3.18. The summed E-state index contributed by atoms with van der Waals surface area (Å²) in [4.78, 5) is 25.0. The molecular formula is C20H21NO4S. The molecule has 0 spiro atoms. The van der Waals surface area contributed by atoms with Crippen LogP contribution in [-0.2, 0) is 9.59 Å². The number of carbonyl (C=O) groups excluding carboxylic acids is 1. The smallest absolute Gasteiger partial charge is 0.326 e. The molecule has 26 heavy (non-hydrogen) atoms. The number of benzene rings is 2. The van der Waals surface area contributed by atoms with Crippen LogP contribution in [0.4, 0.5) is 0 Å². The summed E-state index contributed by atoms with van der Waals surface area (Å²) in [6, 6.07) is 16.9. The third-order valence-corrected chi connectivity index (χ3v) is 4.68. The van der Waals surface area contributed by atoms with Gasteiger partial charge in [-0.2, -0.15) is 12.6 Å². The van der Waals surface area contributed by atoms with Crippen LogP contribution in [0.25, 0.3) is 11.1 Å². The van der Waals surface area contributed by atoms with Gasteiger partial charge in [-0.05, 0) is 29.0 Å². The van der Waals surface area contributed by atoms with Crippen molar-refractivity contribution in [1.82, 2.24) is 4.90 Å². The van der Waals surface area contributed by atoms with Crippen molar-refractivity contribution in [2.45, 2.75) is 25.0 Å². The number of rotatable bonds is 6. The van der Waals surface area contributed by atoms with E-state index in [4.69, 9.17) is 4.74 Å². The zero-order valence-corrected chi connectivity index (χ0v) is 15.1. The normalized spacial score (nSPS) is 19.3. The number of amides is 1. The summed E-state index contributed by atoms with van der Waals surface area (Å²) in [6.45, 7) is 0.282. The molecule has 1 N–H and O–H groups in total. The van der Waals surface area contributed by atoms with Crippen LogP contribution in [0.15, 0.2) is 54.6 Å². The highest BCUT2D eigenvalue weighted by Crippen LogP contribution is 2.26. The van der Waals surface area contributed by atoms with E-state index in [1.54, 1.807) is 0 Å². The second-order valence-corrected chi connectivity index (χ2v) is 6.69. The maximum Gasteiger partial charge on any atom is 0.326 e. The van der Waals surface area contributed by atoms with E-state index in [2.05, 4.69) is 12.6 Å². The fraction of sp³-hybridized carbons (Fsp3) is 0.300. The third kappa shape index (κ3) is 4.19. The first-order chi connectivity index (χ1) is 12.6. The number of carboxylic acid groups (broad SMARTS) is 1. The molecule has 6 heteroatoms. The maximum atomic E-state index is 12.1. The molecule has 1 heterocycles. The minimum Gasteiger partial charge on any atom is -0.488 e. The Balaban J connectivity index is 1.67. The van der Waals surface area contributed by atoms with Crippen molar-refractivity contribution in [2.24, 2.45) is 0 Å². The summed E-state index contributed by atoms with van der Waals surface area (Å²) in [5.41, 5.74) is 2.20. The van der Waals surface area contributed by atoms with Crippen LogP contribution in [0.5, 0.6) is 5.75 Å². The molecule has 1 aliphatic rings. The topological polar surface area (TPSA) is 66.8 Å². The van der Waals surface area contributed by atoms with Gasteiger partial charge in [-0.3, -0.25) is 4.79 Å². The Hall–Kier alpha value is -2.47. The number of carbonyl (C=O) groups is 2. The van der Waals surface area contributed by atoms with Crippen molar-refractivity contribution in [3.05, 3.63) is 54.6 Å². The standard InChI is InChI=1S/C20H21NO4S/c22-19(10-11-26)21-13-17(12-18(21)20(23)24)25-16-8-6-15(7-9-16)14-4-2-1-3-5-14/h1-9,17-18,26H,10-13H2,(H,23,24)/t17?,18-/m0/s1. The summed E-state index contributed by atoms with van der Waals surface area (Å²) in [6.07, 6.45) is 0.182. The second-order valence-electron chi connectivity index (χ2n) is 6.24. The molecule has 1 amide bonds. The lowest BCUT2D eigenvalue weighted by Gasteiger charge is -2.20. The predicted molar refractivity (Wildman–Crippen MR) is 103 cm³/mol. The van der Waals surface area contributed by atoms with Gasteiger partial charge in [0.15, 0.2) is 0 Å². The summed E-state index contributed by atoms with van der Waals surface area (Å²) < 4.78 is 5.93. The van der Waals surface area contributed by atoms with Crippen molar-refractivity contribution in [1.29, 1.82) is 0 Å². The molecule has 2 aromatic carbocycles. The first kappa shape index (κ1) is 18.3. The summed E-state index contributed by atoms with van der Waals surface area (Å²) in [7, 11) is 0. The van der Waals surface area contributed by atoms with Crippen molar-refractivity contribution in [2.75, 3.05) is 12.3 Å². The van der Waals surface area contributed by atoms with Gasteiger partial charge in [-0.25, -0.2) is 4.79 Å². The number of hydrogen-bond donors (Lipinski definition) is 2. The quantitative estimate of drug-likeness (QED) is 0.766. The number of likely N-dealkylation sites (tertiary alicyclic amines) is 1. The number of nitrogens with zero attached hydrogens (tertiary/aromatic N) is 1. The minimum atomic E-state index is -0.997. The van der Waals surface area contributed by atoms with Gasteiger partial charge in [0, 0.05) is 12.8 Å². The first-order valence-electron chi connectivity index (χ1n) is 8.53. The fourth-order valence-corrected chi connectivity index (χ4v) is 3.37. The van der Waals surface area contributed by atoms with E-state index in [1.165, 1.54) is 4.90 Å². The summed E-state index contributed by atoms with van der Waals surface area (Å²) in [5, 5.41) is 9.38. The number of thiol groups is 1. The molecule has 0 aliphatic carbocycles. The van der Waals surface area contributed by atoms with Crippen molar-refractivity contribution in [3.63, 3.8) is 0 Å². The second kappa shape index (κ2) is 8.27. The molecular weight excluding hydrogens is 350 g/mol. The summed E-state index contributed by atoms with van der Waals surface area (Å²) >= 11 is 4.05. The van der Waals surface area contributed by atoms with Crippen LogP contribution < -0.4 is 4.74 Å². The largest absolute Gasteiger partial charge is 0.488 e. The Bertz CT molecular complexity index is 763. The molecule has 1 saturated heterocycles. The molecule has 2 atom stereocenters. The maximum absolute atomic E-state index is 12.1. The third-order valence-electron chi connectivity index (χ3n) is 4.46. The predicted octanol–water partition coefficient (Wildman–Crippen LogP) is 3.11. The van der Waals surface area contributed by atoms with Crippen LogP contribution >= 0.6 is 12.6 Å². The van der Waals surface area contributed by atoms with Crippen LogP contribution in [0, 0.1) is 0 Å². The van der Waals surface area contributed by atoms with Crippen molar-refractivity contribution in [3.8, 4) is 16.9 Å². The van der Waals surface area contributed by atoms with Gasteiger partial charge in [0.1, 0.15) is 17.9 Å². The molecule has 5 nitrogen and oxygen atoms in total. The van der Waals surface area contributed by atoms with Gasteiger partial charge in [-0.1, -0.05) is 42.5 Å². The molecule has 1 aliphatic heterocycles. The highest BCUT2D eigenvalue weighted by molar-refractivity contribution is 7.80. The molecule has 136 valence electrons. The van der Waals surface area contributed by atoms with E-state index >= 15 is 0 Å². The number of hydrogen-bond acceptors (Lipinski definition) is 4. The first-order valence-corrected chi connectivity index (χ1v) is 9.17. The zero-order chi connectivity index (χ0) is 18.5. The Morgan fingerprint density at radius 3 is 2.35 bits per heavy atom. The average Bonchev–Trinajstić information content (AvgIpc) is 3.08. The Kier molecular flexibility index (Phi) is 5.83. The van der Waals surface area contributed by atoms with Crippen LogP contribution in [0.1, 0.15) is 12.8 Å². The van der Waals surface area contributed by atoms with Crippen molar-refractivity contribution < 1.29 is 19.4 Å². The lowest BCUT2D eigenvalue weighted by Crippen LogP contribution is -2.40. The van der Waals surface area contributed by atoms with Crippen LogP contribution in [0.2, 0.25) is 0 Å². The average molecular weight is 371 g/mol. The SMILES string of the molecule is O=C(O)[C@@H]1CC(Oc2ccc(-c3ccccc3)cc2)CN1C(=O)CCS. The molecule has 3 rings (SSSR count). The molecule has 2 aromatic rings. The van der Waals surface area contributed by atoms with Gasteiger partial charge in [0.25, 0.3) is 0 Å². The van der Waals surface area contributed by atoms with Gasteiger partial charge in [0.2, 0.25) is 5.91 Å². The molecule has 0 aromatic heterocycles. The molecule has 0 bridgehead atoms. The molecule has 1 unspecified atom stereocenters. The highest BCUT2D eigenvalue weighted by Gasteiger charge is 2.40. The number of ether oxygens (including phenoxy) is 1. The zero-order valence-electron chi connectivity index (χ0n) is 14.2. The van der Waals surface area contributed by atoms with Gasteiger partial charge in [0.05, 0.1) is 6.54 Å². The minimum absolute atomic E-state index is 0.196. The van der Waals surface area contributed by atoms with Gasteiger partial charge >= 0.3 is 5.97 Å². The number of carboxylic acids is 1. The lowest BCUT2D eigenvalue weighted by atomic mass is 10.1. The van der Waals surface area contributed by atoms with E-state index in [1.807, 2.05) is 54.6 Å². The number of aliphatic carboxylic acids is 1. The van der Waals surface area contributed by atoms with Gasteiger partial charge in [-0.15, -0.1) is 0 Å². The molecule has 0 radical (unpaired) electrons. The Morgan fingerprint density at radius 2 is 1.73 bits per heavy atom. The monoisotopic (exact) mass is 371 g/mol. The molecule has 0 saturated carbocycles. The van der Waals surface area contributed by atoms with Crippen LogP contribution in [0.3, 0.4) is 0 Å². The van der Waals surface area contributed by atoms with E-state index in [-0.39, 0.29) is 31.4 Å². The van der Waals surface area contributed by atoms with Crippen molar-refractivity contribution >= 4 is 24.5 Å². The van der Waals surface area contributed by atoms with E-state index in [0.29, 0.717) is 11.5 Å². The van der Waals surface area contributed by atoms with Crippen LogP contribution in [-0.4, -0.2) is 46.3 Å². The van der Waals surface area contributed by atoms with E-state index in [9.17, 15) is 14.7 Å². The molecule has 1 fully saturated rings.